The topological polar surface area (TPSA) is 35.9 Å². The van der Waals surface area contributed by atoms with E-state index in [0.717, 1.165) is 26.2 Å². The van der Waals surface area contributed by atoms with Crippen LogP contribution in [0.5, 0.6) is 5.75 Å². The predicted octanol–water partition coefficient (Wildman–Crippen LogP) is 3.04. The number of aliphatic hydroxyl groups is 1. The largest absolute Gasteiger partial charge is 0.489 e. The number of ether oxygens (including phenoxy) is 1. The molecule has 134 valence electrons. The molecule has 0 bridgehead atoms. The molecule has 1 unspecified atom stereocenters. The third kappa shape index (κ3) is 4.84. The minimum Gasteiger partial charge on any atom is -0.489 e. The monoisotopic (exact) mass is 364 g/mol. The highest BCUT2D eigenvalue weighted by Gasteiger charge is 2.21. The van der Waals surface area contributed by atoms with E-state index >= 15 is 0 Å². The summed E-state index contributed by atoms with van der Waals surface area (Å²) in [6, 6.07) is 14.0. The first-order valence-corrected chi connectivity index (χ1v) is 8.78. The van der Waals surface area contributed by atoms with Crippen LogP contribution in [-0.4, -0.2) is 55.4 Å². The van der Waals surface area contributed by atoms with Gasteiger partial charge in [-0.1, -0.05) is 35.9 Å². The SMILES string of the molecule is OC(COc1ccccc1Cl)CN1CCN(c2ccccc2F)CC1. The summed E-state index contributed by atoms with van der Waals surface area (Å²) in [7, 11) is 0. The fourth-order valence-electron chi connectivity index (χ4n) is 2.98. The molecule has 1 aliphatic rings. The molecule has 0 aliphatic carbocycles. The van der Waals surface area contributed by atoms with Crippen molar-refractivity contribution in [3.05, 3.63) is 59.4 Å². The molecule has 0 spiro atoms. The number of nitrogens with zero attached hydrogens (tertiary/aromatic N) is 2. The predicted molar refractivity (Wildman–Crippen MR) is 98.0 cm³/mol. The number of rotatable bonds is 6. The minimum absolute atomic E-state index is 0.191. The summed E-state index contributed by atoms with van der Waals surface area (Å²) in [5, 5.41) is 10.7. The lowest BCUT2D eigenvalue weighted by molar-refractivity contribution is 0.0663. The normalized spacial score (nSPS) is 16.7. The zero-order valence-corrected chi connectivity index (χ0v) is 14.7. The summed E-state index contributed by atoms with van der Waals surface area (Å²) in [5.74, 6) is 0.386. The maximum atomic E-state index is 13.9. The summed E-state index contributed by atoms with van der Waals surface area (Å²) in [6.07, 6.45) is -0.601. The number of aliphatic hydroxyl groups excluding tert-OH is 1. The average Bonchev–Trinajstić information content (AvgIpc) is 2.62. The molecule has 6 heteroatoms. The molecule has 1 N–H and O–H groups in total. The first-order chi connectivity index (χ1) is 12.1. The smallest absolute Gasteiger partial charge is 0.146 e. The molecular formula is C19H22ClFN2O2. The van der Waals surface area contributed by atoms with E-state index in [2.05, 4.69) is 4.90 Å². The Balaban J connectivity index is 1.44. The van der Waals surface area contributed by atoms with Gasteiger partial charge in [-0.25, -0.2) is 4.39 Å². The summed E-state index contributed by atoms with van der Waals surface area (Å²) >= 11 is 6.03. The van der Waals surface area contributed by atoms with Crippen molar-refractivity contribution in [1.82, 2.24) is 4.90 Å². The summed E-state index contributed by atoms with van der Waals surface area (Å²) < 4.78 is 19.4. The van der Waals surface area contributed by atoms with Crippen LogP contribution < -0.4 is 9.64 Å². The maximum Gasteiger partial charge on any atom is 0.146 e. The van der Waals surface area contributed by atoms with E-state index < -0.39 is 6.10 Å². The van der Waals surface area contributed by atoms with Crippen molar-refractivity contribution < 1.29 is 14.2 Å². The fraction of sp³-hybridized carbons (Fsp3) is 0.368. The van der Waals surface area contributed by atoms with Gasteiger partial charge in [-0.15, -0.1) is 0 Å². The number of para-hydroxylation sites is 2. The second-order valence-corrected chi connectivity index (χ2v) is 6.54. The van der Waals surface area contributed by atoms with Crippen molar-refractivity contribution >= 4 is 17.3 Å². The van der Waals surface area contributed by atoms with Crippen LogP contribution in [0.1, 0.15) is 0 Å². The van der Waals surface area contributed by atoms with E-state index in [0.29, 0.717) is 23.0 Å². The van der Waals surface area contributed by atoms with Crippen molar-refractivity contribution in [1.29, 1.82) is 0 Å². The van der Waals surface area contributed by atoms with Crippen LogP contribution in [0.25, 0.3) is 0 Å². The molecule has 0 saturated carbocycles. The third-order valence-corrected chi connectivity index (χ3v) is 4.61. The molecule has 3 rings (SSSR count). The number of hydrogen-bond acceptors (Lipinski definition) is 4. The Kier molecular flexibility index (Phi) is 6.13. The van der Waals surface area contributed by atoms with Crippen molar-refractivity contribution in [2.75, 3.05) is 44.2 Å². The van der Waals surface area contributed by atoms with E-state index in [-0.39, 0.29) is 12.4 Å². The maximum absolute atomic E-state index is 13.9. The number of β-amino-alcohol motifs (C(OH)–C–C–N with tert-alkyl or cyclic N) is 1. The molecule has 0 aromatic heterocycles. The zero-order valence-electron chi connectivity index (χ0n) is 13.9. The molecule has 25 heavy (non-hydrogen) atoms. The number of piperazine rings is 1. The molecular weight excluding hydrogens is 343 g/mol. The second kappa shape index (κ2) is 8.52. The molecule has 1 aliphatic heterocycles. The summed E-state index contributed by atoms with van der Waals surface area (Å²) in [4.78, 5) is 4.20. The number of hydrogen-bond donors (Lipinski definition) is 1. The van der Waals surface area contributed by atoms with Gasteiger partial charge in [0.25, 0.3) is 0 Å². The van der Waals surface area contributed by atoms with Crippen LogP contribution in [0.2, 0.25) is 5.02 Å². The standard InChI is InChI=1S/C19H22ClFN2O2/c20-16-5-1-4-8-19(16)25-14-15(24)13-22-9-11-23(12-10-22)18-7-3-2-6-17(18)21/h1-8,15,24H,9-14H2. The highest BCUT2D eigenvalue weighted by Crippen LogP contribution is 2.23. The van der Waals surface area contributed by atoms with E-state index in [9.17, 15) is 9.50 Å². The Morgan fingerprint density at radius 2 is 1.72 bits per heavy atom. The molecule has 0 amide bonds. The second-order valence-electron chi connectivity index (χ2n) is 6.13. The highest BCUT2D eigenvalue weighted by molar-refractivity contribution is 6.32. The Labute approximate surface area is 152 Å². The van der Waals surface area contributed by atoms with Gasteiger partial charge in [0, 0.05) is 32.7 Å². The molecule has 1 heterocycles. The van der Waals surface area contributed by atoms with Crippen LogP contribution in [0.15, 0.2) is 48.5 Å². The fourth-order valence-corrected chi connectivity index (χ4v) is 3.17. The van der Waals surface area contributed by atoms with Crippen LogP contribution in [0, 0.1) is 5.82 Å². The van der Waals surface area contributed by atoms with Gasteiger partial charge in [-0.2, -0.15) is 0 Å². The van der Waals surface area contributed by atoms with Crippen molar-refractivity contribution in [3.8, 4) is 5.75 Å². The van der Waals surface area contributed by atoms with Crippen LogP contribution in [-0.2, 0) is 0 Å². The van der Waals surface area contributed by atoms with E-state index in [4.69, 9.17) is 16.3 Å². The number of benzene rings is 2. The zero-order chi connectivity index (χ0) is 17.6. The molecule has 1 fully saturated rings. The molecule has 2 aromatic rings. The molecule has 0 radical (unpaired) electrons. The van der Waals surface area contributed by atoms with Gasteiger partial charge in [0.05, 0.1) is 10.7 Å². The first-order valence-electron chi connectivity index (χ1n) is 8.40. The van der Waals surface area contributed by atoms with Gasteiger partial charge in [0.15, 0.2) is 0 Å². The molecule has 2 aromatic carbocycles. The Hall–Kier alpha value is -1.82. The lowest BCUT2D eigenvalue weighted by Gasteiger charge is -2.36. The van der Waals surface area contributed by atoms with Crippen LogP contribution in [0.3, 0.4) is 0 Å². The Morgan fingerprint density at radius 3 is 2.44 bits per heavy atom. The Morgan fingerprint density at radius 1 is 1.04 bits per heavy atom. The molecule has 1 saturated heterocycles. The van der Waals surface area contributed by atoms with Gasteiger partial charge >= 0.3 is 0 Å². The van der Waals surface area contributed by atoms with E-state index in [1.54, 1.807) is 24.3 Å². The molecule has 4 nitrogen and oxygen atoms in total. The van der Waals surface area contributed by atoms with Gasteiger partial charge < -0.3 is 14.7 Å². The Bertz CT molecular complexity index is 693. The van der Waals surface area contributed by atoms with E-state index in [1.807, 2.05) is 23.1 Å². The lowest BCUT2D eigenvalue weighted by atomic mass is 10.2. The van der Waals surface area contributed by atoms with Crippen LogP contribution >= 0.6 is 11.6 Å². The van der Waals surface area contributed by atoms with Gasteiger partial charge in [0.2, 0.25) is 0 Å². The highest BCUT2D eigenvalue weighted by atomic mass is 35.5. The van der Waals surface area contributed by atoms with E-state index in [1.165, 1.54) is 6.07 Å². The first kappa shape index (κ1) is 18.0. The van der Waals surface area contributed by atoms with Crippen molar-refractivity contribution in [2.24, 2.45) is 0 Å². The minimum atomic E-state index is -0.601. The number of halogens is 2. The lowest BCUT2D eigenvalue weighted by Crippen LogP contribution is -2.49. The van der Waals surface area contributed by atoms with Crippen molar-refractivity contribution in [2.45, 2.75) is 6.10 Å². The third-order valence-electron chi connectivity index (χ3n) is 4.30. The molecule has 1 atom stereocenters. The van der Waals surface area contributed by atoms with Crippen molar-refractivity contribution in [3.63, 3.8) is 0 Å². The summed E-state index contributed by atoms with van der Waals surface area (Å²) in [6.45, 7) is 3.74. The quantitative estimate of drug-likeness (QED) is 0.854. The number of anilines is 1. The average molecular weight is 365 g/mol. The van der Waals surface area contributed by atoms with Gasteiger partial charge in [-0.05, 0) is 24.3 Å². The summed E-state index contributed by atoms with van der Waals surface area (Å²) in [5.41, 5.74) is 0.643. The van der Waals surface area contributed by atoms with Gasteiger partial charge in [-0.3, -0.25) is 4.90 Å². The van der Waals surface area contributed by atoms with Gasteiger partial charge in [0.1, 0.15) is 24.3 Å². The van der Waals surface area contributed by atoms with Crippen LogP contribution in [0.4, 0.5) is 10.1 Å².